The van der Waals surface area contributed by atoms with Crippen molar-refractivity contribution < 1.29 is 19.1 Å². The molecule has 2 fully saturated rings. The van der Waals surface area contributed by atoms with Gasteiger partial charge in [0.1, 0.15) is 11.4 Å². The highest BCUT2D eigenvalue weighted by molar-refractivity contribution is 5.97. The van der Waals surface area contributed by atoms with E-state index >= 15 is 0 Å². The Balaban J connectivity index is 1.53. The topological polar surface area (TPSA) is 67.9 Å². The zero-order chi connectivity index (χ0) is 21.4. The van der Waals surface area contributed by atoms with Crippen molar-refractivity contribution in [2.45, 2.75) is 70.8 Å². The minimum absolute atomic E-state index is 0.0358. The highest BCUT2D eigenvalue weighted by Gasteiger charge is 2.42. The molecule has 3 rings (SSSR count). The molecule has 2 amide bonds. The van der Waals surface area contributed by atoms with Crippen molar-refractivity contribution in [2.24, 2.45) is 5.92 Å². The molecule has 6 heteroatoms. The summed E-state index contributed by atoms with van der Waals surface area (Å²) in [5.74, 6) is 1.24. The van der Waals surface area contributed by atoms with Crippen LogP contribution in [0.1, 0.15) is 65.2 Å². The SMILES string of the molecule is CCCOC1(C(=O)Nc2ccc(OCC(=O)N3CCCCC3)cc2)CCC(C)CC1. The Morgan fingerprint density at radius 1 is 1.10 bits per heavy atom. The van der Waals surface area contributed by atoms with E-state index in [-0.39, 0.29) is 18.4 Å². The summed E-state index contributed by atoms with van der Waals surface area (Å²) in [7, 11) is 0. The van der Waals surface area contributed by atoms with Gasteiger partial charge in [-0.3, -0.25) is 9.59 Å². The van der Waals surface area contributed by atoms with Crippen LogP contribution >= 0.6 is 0 Å². The van der Waals surface area contributed by atoms with Crippen LogP contribution in [-0.2, 0) is 14.3 Å². The number of rotatable bonds is 8. The molecule has 1 saturated heterocycles. The van der Waals surface area contributed by atoms with Gasteiger partial charge in [-0.05, 0) is 81.5 Å². The van der Waals surface area contributed by atoms with Crippen LogP contribution in [0, 0.1) is 5.92 Å². The molecule has 1 aliphatic carbocycles. The van der Waals surface area contributed by atoms with Crippen molar-refractivity contribution in [1.29, 1.82) is 0 Å². The highest BCUT2D eigenvalue weighted by Crippen LogP contribution is 2.36. The van der Waals surface area contributed by atoms with Crippen molar-refractivity contribution in [3.63, 3.8) is 0 Å². The van der Waals surface area contributed by atoms with Crippen molar-refractivity contribution >= 4 is 17.5 Å². The largest absolute Gasteiger partial charge is 0.484 e. The molecular formula is C24H36N2O4. The first-order valence-electron chi connectivity index (χ1n) is 11.5. The van der Waals surface area contributed by atoms with Gasteiger partial charge in [0.25, 0.3) is 11.8 Å². The number of hydrogen-bond donors (Lipinski definition) is 1. The average molecular weight is 417 g/mol. The fraction of sp³-hybridized carbons (Fsp3) is 0.667. The molecule has 0 unspecified atom stereocenters. The minimum Gasteiger partial charge on any atom is -0.484 e. The van der Waals surface area contributed by atoms with Crippen LogP contribution in [0.15, 0.2) is 24.3 Å². The van der Waals surface area contributed by atoms with E-state index in [1.54, 1.807) is 12.1 Å². The first kappa shape index (κ1) is 22.6. The van der Waals surface area contributed by atoms with E-state index < -0.39 is 5.60 Å². The molecule has 1 aliphatic heterocycles. The summed E-state index contributed by atoms with van der Waals surface area (Å²) in [6.07, 6.45) is 7.78. The molecule has 6 nitrogen and oxygen atoms in total. The van der Waals surface area contributed by atoms with E-state index in [0.717, 1.165) is 58.0 Å². The van der Waals surface area contributed by atoms with E-state index in [9.17, 15) is 9.59 Å². The number of ether oxygens (including phenoxy) is 2. The number of carbonyl (C=O) groups is 2. The summed E-state index contributed by atoms with van der Waals surface area (Å²) in [5, 5.41) is 3.03. The Morgan fingerprint density at radius 3 is 2.40 bits per heavy atom. The van der Waals surface area contributed by atoms with Gasteiger partial charge in [0.15, 0.2) is 6.61 Å². The fourth-order valence-electron chi connectivity index (χ4n) is 4.22. The van der Waals surface area contributed by atoms with E-state index in [1.807, 2.05) is 17.0 Å². The highest BCUT2D eigenvalue weighted by atomic mass is 16.5. The Hall–Kier alpha value is -2.08. The lowest BCUT2D eigenvalue weighted by Crippen LogP contribution is -2.48. The van der Waals surface area contributed by atoms with Gasteiger partial charge in [0.2, 0.25) is 0 Å². The average Bonchev–Trinajstić information content (AvgIpc) is 2.79. The molecule has 1 saturated carbocycles. The predicted octanol–water partition coefficient (Wildman–Crippen LogP) is 4.39. The molecule has 1 heterocycles. The third kappa shape index (κ3) is 5.97. The van der Waals surface area contributed by atoms with Gasteiger partial charge in [-0.2, -0.15) is 0 Å². The third-order valence-corrected chi connectivity index (χ3v) is 6.26. The molecule has 0 aromatic heterocycles. The van der Waals surface area contributed by atoms with Gasteiger partial charge >= 0.3 is 0 Å². The lowest BCUT2D eigenvalue weighted by molar-refractivity contribution is -0.147. The number of piperidine rings is 1. The van der Waals surface area contributed by atoms with Gasteiger partial charge < -0.3 is 19.7 Å². The molecule has 0 radical (unpaired) electrons. The van der Waals surface area contributed by atoms with Crippen LogP contribution in [0.4, 0.5) is 5.69 Å². The van der Waals surface area contributed by atoms with Crippen LogP contribution in [0.25, 0.3) is 0 Å². The first-order chi connectivity index (χ1) is 14.5. The summed E-state index contributed by atoms with van der Waals surface area (Å²) in [4.78, 5) is 27.2. The number of amides is 2. The van der Waals surface area contributed by atoms with Crippen LogP contribution in [-0.4, -0.2) is 48.6 Å². The summed E-state index contributed by atoms with van der Waals surface area (Å²) in [5.41, 5.74) is -0.00810. The van der Waals surface area contributed by atoms with Gasteiger partial charge in [-0.25, -0.2) is 0 Å². The lowest BCUT2D eigenvalue weighted by Gasteiger charge is -2.38. The molecule has 0 spiro atoms. The third-order valence-electron chi connectivity index (χ3n) is 6.26. The molecule has 0 bridgehead atoms. The number of nitrogens with one attached hydrogen (secondary N) is 1. The van der Waals surface area contributed by atoms with Gasteiger partial charge in [-0.1, -0.05) is 13.8 Å². The molecule has 2 aliphatic rings. The van der Waals surface area contributed by atoms with E-state index in [2.05, 4.69) is 19.2 Å². The van der Waals surface area contributed by atoms with E-state index in [0.29, 0.717) is 24.0 Å². The molecule has 30 heavy (non-hydrogen) atoms. The van der Waals surface area contributed by atoms with Crippen molar-refractivity contribution in [1.82, 2.24) is 4.90 Å². The van der Waals surface area contributed by atoms with Gasteiger partial charge in [0.05, 0.1) is 0 Å². The predicted molar refractivity (Wildman–Crippen MR) is 118 cm³/mol. The lowest BCUT2D eigenvalue weighted by atomic mass is 9.78. The second-order valence-electron chi connectivity index (χ2n) is 8.73. The number of carbonyl (C=O) groups excluding carboxylic acids is 2. The van der Waals surface area contributed by atoms with Gasteiger partial charge in [-0.15, -0.1) is 0 Å². The molecule has 1 aromatic carbocycles. The van der Waals surface area contributed by atoms with Crippen LogP contribution in [0.5, 0.6) is 5.75 Å². The zero-order valence-electron chi connectivity index (χ0n) is 18.5. The summed E-state index contributed by atoms with van der Waals surface area (Å²) in [6.45, 7) is 6.60. The maximum atomic E-state index is 13.1. The number of nitrogens with zero attached hydrogens (tertiary/aromatic N) is 1. The van der Waals surface area contributed by atoms with E-state index in [4.69, 9.17) is 9.47 Å². The summed E-state index contributed by atoms with van der Waals surface area (Å²) < 4.78 is 11.7. The standard InChI is InChI=1S/C24H36N2O4/c1-3-17-30-24(13-11-19(2)12-14-24)23(28)25-20-7-9-21(10-8-20)29-18-22(27)26-15-5-4-6-16-26/h7-10,19H,3-6,11-18H2,1-2H3,(H,25,28). The first-order valence-corrected chi connectivity index (χ1v) is 11.5. The zero-order valence-corrected chi connectivity index (χ0v) is 18.5. The molecule has 1 N–H and O–H groups in total. The normalized spacial score (nSPS) is 24.3. The van der Waals surface area contributed by atoms with Gasteiger partial charge in [0, 0.05) is 25.4 Å². The molecule has 166 valence electrons. The second kappa shape index (κ2) is 10.8. The maximum absolute atomic E-state index is 13.1. The van der Waals surface area contributed by atoms with Crippen molar-refractivity contribution in [3.05, 3.63) is 24.3 Å². The Kier molecular flexibility index (Phi) is 8.14. The van der Waals surface area contributed by atoms with Crippen molar-refractivity contribution in [3.8, 4) is 5.75 Å². The van der Waals surface area contributed by atoms with Crippen LogP contribution in [0.3, 0.4) is 0 Å². The number of benzene rings is 1. The molecule has 0 atom stereocenters. The number of anilines is 1. The minimum atomic E-state index is -0.724. The Labute approximate surface area is 180 Å². The Bertz CT molecular complexity index is 684. The smallest absolute Gasteiger partial charge is 0.260 e. The second-order valence-corrected chi connectivity index (χ2v) is 8.73. The maximum Gasteiger partial charge on any atom is 0.260 e. The van der Waals surface area contributed by atoms with Crippen molar-refractivity contribution in [2.75, 3.05) is 31.6 Å². The number of hydrogen-bond acceptors (Lipinski definition) is 4. The summed E-state index contributed by atoms with van der Waals surface area (Å²) >= 11 is 0. The van der Waals surface area contributed by atoms with Crippen LogP contribution in [0.2, 0.25) is 0 Å². The summed E-state index contributed by atoms with van der Waals surface area (Å²) in [6, 6.07) is 7.22. The number of likely N-dealkylation sites (tertiary alicyclic amines) is 1. The quantitative estimate of drug-likeness (QED) is 0.682. The molecular weight excluding hydrogens is 380 g/mol. The van der Waals surface area contributed by atoms with E-state index in [1.165, 1.54) is 6.42 Å². The Morgan fingerprint density at radius 2 is 1.77 bits per heavy atom. The molecule has 1 aromatic rings. The monoisotopic (exact) mass is 416 g/mol. The fourth-order valence-corrected chi connectivity index (χ4v) is 4.22. The van der Waals surface area contributed by atoms with Crippen LogP contribution < -0.4 is 10.1 Å².